The highest BCUT2D eigenvalue weighted by Gasteiger charge is 2.58. The number of piperidine rings is 1. The molecular formula is C16H29NO. The molecule has 0 spiro atoms. The first kappa shape index (κ1) is 12.9. The van der Waals surface area contributed by atoms with Crippen molar-refractivity contribution in [2.24, 2.45) is 22.7 Å². The van der Waals surface area contributed by atoms with E-state index in [-0.39, 0.29) is 6.10 Å². The third kappa shape index (κ3) is 1.68. The molecular weight excluding hydrogens is 222 g/mol. The van der Waals surface area contributed by atoms with Gasteiger partial charge in [-0.1, -0.05) is 20.3 Å². The Morgan fingerprint density at radius 2 is 2.06 bits per heavy atom. The molecule has 2 heteroatoms. The van der Waals surface area contributed by atoms with Gasteiger partial charge in [-0.15, -0.1) is 0 Å². The Kier molecular flexibility index (Phi) is 3.22. The van der Waals surface area contributed by atoms with Gasteiger partial charge in [0.25, 0.3) is 0 Å². The van der Waals surface area contributed by atoms with Crippen molar-refractivity contribution in [1.29, 1.82) is 0 Å². The highest BCUT2D eigenvalue weighted by Crippen LogP contribution is 2.63. The molecule has 2 bridgehead atoms. The fourth-order valence-corrected chi connectivity index (χ4v) is 5.56. The highest BCUT2D eigenvalue weighted by molar-refractivity contribution is 5.10. The van der Waals surface area contributed by atoms with Crippen LogP contribution in [0.2, 0.25) is 0 Å². The number of aliphatic hydroxyl groups is 1. The van der Waals surface area contributed by atoms with Crippen molar-refractivity contribution in [2.75, 3.05) is 13.1 Å². The number of hydrogen-bond acceptors (Lipinski definition) is 2. The van der Waals surface area contributed by atoms with Gasteiger partial charge in [0, 0.05) is 6.54 Å². The van der Waals surface area contributed by atoms with Crippen LogP contribution in [0.25, 0.3) is 0 Å². The minimum absolute atomic E-state index is 0.0368. The fourth-order valence-electron chi connectivity index (χ4n) is 5.56. The van der Waals surface area contributed by atoms with Crippen LogP contribution in [0.3, 0.4) is 0 Å². The van der Waals surface area contributed by atoms with Crippen molar-refractivity contribution in [3.8, 4) is 0 Å². The zero-order valence-electron chi connectivity index (χ0n) is 12.0. The van der Waals surface area contributed by atoms with Crippen LogP contribution in [0.4, 0.5) is 0 Å². The van der Waals surface area contributed by atoms with Crippen LogP contribution in [0, 0.1) is 22.7 Å². The topological polar surface area (TPSA) is 32.3 Å². The standard InChI is InChI=1S/C16H29NO/c1-3-13-8-15(4-2,9-14(13)18)16-6-5-12(7-16)10-17-11-16/h12-14,17-18H,3-11H2,1-2H3/t12-,13-,14-,15-,16-/m0/s1. The molecule has 0 aromatic rings. The molecule has 2 aliphatic carbocycles. The van der Waals surface area contributed by atoms with Crippen molar-refractivity contribution in [3.05, 3.63) is 0 Å². The molecule has 3 aliphatic rings. The smallest absolute Gasteiger partial charge is 0.0574 e. The van der Waals surface area contributed by atoms with Crippen LogP contribution in [-0.4, -0.2) is 24.3 Å². The lowest BCUT2D eigenvalue weighted by Gasteiger charge is -2.49. The predicted molar refractivity (Wildman–Crippen MR) is 74.4 cm³/mol. The molecule has 5 atom stereocenters. The Morgan fingerprint density at radius 1 is 1.22 bits per heavy atom. The van der Waals surface area contributed by atoms with Gasteiger partial charge in [-0.2, -0.15) is 0 Å². The van der Waals surface area contributed by atoms with Crippen LogP contribution in [0.1, 0.15) is 58.8 Å². The van der Waals surface area contributed by atoms with Crippen molar-refractivity contribution in [2.45, 2.75) is 64.9 Å². The average molecular weight is 251 g/mol. The van der Waals surface area contributed by atoms with E-state index in [1.807, 2.05) is 0 Å². The summed E-state index contributed by atoms with van der Waals surface area (Å²) in [4.78, 5) is 0. The van der Waals surface area contributed by atoms with Crippen LogP contribution in [0.5, 0.6) is 0 Å². The van der Waals surface area contributed by atoms with E-state index < -0.39 is 0 Å². The molecule has 0 aromatic carbocycles. The highest BCUT2D eigenvalue weighted by atomic mass is 16.3. The maximum absolute atomic E-state index is 10.4. The monoisotopic (exact) mass is 251 g/mol. The Bertz CT molecular complexity index is 314. The molecule has 1 heterocycles. The summed E-state index contributed by atoms with van der Waals surface area (Å²) in [5.74, 6) is 1.47. The number of fused-ring (bicyclic) bond motifs is 2. The summed E-state index contributed by atoms with van der Waals surface area (Å²) >= 11 is 0. The maximum Gasteiger partial charge on any atom is 0.0574 e. The summed E-state index contributed by atoms with van der Waals surface area (Å²) in [7, 11) is 0. The third-order valence-electron chi connectivity index (χ3n) is 6.73. The normalized spacial score (nSPS) is 51.8. The quantitative estimate of drug-likeness (QED) is 0.808. The van der Waals surface area contributed by atoms with Gasteiger partial charge in [0.05, 0.1) is 6.10 Å². The molecule has 2 N–H and O–H groups in total. The van der Waals surface area contributed by atoms with E-state index in [1.54, 1.807) is 0 Å². The SMILES string of the molecule is CC[C@H]1C[C@](CC)([C@]23CC[C@H](CNC2)C3)C[C@@H]1O. The number of aliphatic hydroxyl groups excluding tert-OH is 1. The second-order valence-electron chi connectivity index (χ2n) is 7.30. The molecule has 1 saturated heterocycles. The first-order chi connectivity index (χ1) is 8.65. The van der Waals surface area contributed by atoms with E-state index in [4.69, 9.17) is 0 Å². The van der Waals surface area contributed by atoms with Crippen LogP contribution >= 0.6 is 0 Å². The Balaban J connectivity index is 1.88. The minimum atomic E-state index is -0.0368. The van der Waals surface area contributed by atoms with Crippen LogP contribution < -0.4 is 5.32 Å². The first-order valence-electron chi connectivity index (χ1n) is 8.03. The van der Waals surface area contributed by atoms with E-state index in [9.17, 15) is 5.11 Å². The predicted octanol–water partition coefficient (Wildman–Crippen LogP) is 2.95. The van der Waals surface area contributed by atoms with E-state index in [1.165, 1.54) is 45.2 Å². The number of rotatable bonds is 3. The summed E-state index contributed by atoms with van der Waals surface area (Å²) in [6.45, 7) is 7.05. The van der Waals surface area contributed by atoms with E-state index in [0.29, 0.717) is 16.7 Å². The maximum atomic E-state index is 10.4. The summed E-state index contributed by atoms with van der Waals surface area (Å²) < 4.78 is 0. The Morgan fingerprint density at radius 3 is 2.72 bits per heavy atom. The molecule has 2 saturated carbocycles. The Labute approximate surface area is 112 Å². The molecule has 2 nitrogen and oxygen atoms in total. The molecule has 3 rings (SSSR count). The molecule has 0 aromatic heterocycles. The van der Waals surface area contributed by atoms with Gasteiger partial charge in [-0.25, -0.2) is 0 Å². The summed E-state index contributed by atoms with van der Waals surface area (Å²) in [5.41, 5.74) is 0.935. The molecule has 3 fully saturated rings. The van der Waals surface area contributed by atoms with Crippen molar-refractivity contribution < 1.29 is 5.11 Å². The Hall–Kier alpha value is -0.0800. The van der Waals surface area contributed by atoms with Gasteiger partial charge in [0.1, 0.15) is 0 Å². The zero-order chi connectivity index (χ0) is 12.8. The molecule has 18 heavy (non-hydrogen) atoms. The zero-order valence-corrected chi connectivity index (χ0v) is 12.0. The second kappa shape index (κ2) is 4.49. The van der Waals surface area contributed by atoms with E-state index in [0.717, 1.165) is 18.8 Å². The third-order valence-corrected chi connectivity index (χ3v) is 6.73. The number of nitrogens with one attached hydrogen (secondary N) is 1. The van der Waals surface area contributed by atoms with Crippen molar-refractivity contribution in [3.63, 3.8) is 0 Å². The fraction of sp³-hybridized carbons (Fsp3) is 1.00. The van der Waals surface area contributed by atoms with Gasteiger partial charge in [-0.05, 0) is 67.7 Å². The summed E-state index contributed by atoms with van der Waals surface area (Å²) in [6, 6.07) is 0. The van der Waals surface area contributed by atoms with Crippen molar-refractivity contribution in [1.82, 2.24) is 5.32 Å². The largest absolute Gasteiger partial charge is 0.393 e. The average Bonchev–Trinajstić information content (AvgIpc) is 2.89. The van der Waals surface area contributed by atoms with E-state index >= 15 is 0 Å². The lowest BCUT2D eigenvalue weighted by molar-refractivity contribution is 0.0104. The van der Waals surface area contributed by atoms with Gasteiger partial charge in [-0.3, -0.25) is 0 Å². The van der Waals surface area contributed by atoms with Gasteiger partial charge < -0.3 is 10.4 Å². The molecule has 0 radical (unpaired) electrons. The lowest BCUT2D eigenvalue weighted by Crippen LogP contribution is -2.49. The summed E-state index contributed by atoms with van der Waals surface area (Å²) in [6.07, 6.45) is 8.96. The van der Waals surface area contributed by atoms with Crippen molar-refractivity contribution >= 4 is 0 Å². The van der Waals surface area contributed by atoms with Gasteiger partial charge >= 0.3 is 0 Å². The van der Waals surface area contributed by atoms with Gasteiger partial charge in [0.2, 0.25) is 0 Å². The summed E-state index contributed by atoms with van der Waals surface area (Å²) in [5, 5.41) is 14.1. The number of hydrogen-bond donors (Lipinski definition) is 2. The molecule has 1 aliphatic heterocycles. The minimum Gasteiger partial charge on any atom is -0.393 e. The first-order valence-corrected chi connectivity index (χ1v) is 8.03. The molecule has 104 valence electrons. The van der Waals surface area contributed by atoms with E-state index in [2.05, 4.69) is 19.2 Å². The van der Waals surface area contributed by atoms with Crippen LogP contribution in [-0.2, 0) is 0 Å². The van der Waals surface area contributed by atoms with Gasteiger partial charge in [0.15, 0.2) is 0 Å². The molecule has 0 amide bonds. The molecule has 0 unspecified atom stereocenters. The second-order valence-corrected chi connectivity index (χ2v) is 7.30. The van der Waals surface area contributed by atoms with Crippen LogP contribution in [0.15, 0.2) is 0 Å². The lowest BCUT2D eigenvalue weighted by atomic mass is 9.58.